The molecule has 1 aromatic carbocycles. The number of carbonyl (C=O) groups is 2. The van der Waals surface area contributed by atoms with Gasteiger partial charge in [-0.25, -0.2) is 9.78 Å². The van der Waals surface area contributed by atoms with Crippen molar-refractivity contribution < 1.29 is 24.2 Å². The number of hydrogen-bond acceptors (Lipinski definition) is 6. The Morgan fingerprint density at radius 3 is 2.66 bits per heavy atom. The molecule has 0 radical (unpaired) electrons. The molecule has 0 bridgehead atoms. The van der Waals surface area contributed by atoms with Crippen LogP contribution in [-0.4, -0.2) is 77.8 Å². The van der Waals surface area contributed by atoms with E-state index in [1.807, 2.05) is 6.92 Å². The summed E-state index contributed by atoms with van der Waals surface area (Å²) >= 11 is 0. The number of aliphatic hydroxyl groups excluding tert-OH is 1. The number of carbonyl (C=O) groups excluding carboxylic acids is 2. The van der Waals surface area contributed by atoms with Crippen LogP contribution in [0, 0.1) is 23.7 Å². The molecule has 38 heavy (non-hydrogen) atoms. The van der Waals surface area contributed by atoms with E-state index in [2.05, 4.69) is 36.0 Å². The molecule has 1 aliphatic rings. The molecule has 204 valence electrons. The molecule has 1 aliphatic heterocycles. The van der Waals surface area contributed by atoms with Gasteiger partial charge in [0, 0.05) is 43.4 Å². The molecule has 2 aromatic rings. The number of rotatable bonds is 7. The molecule has 0 saturated carbocycles. The predicted octanol–water partition coefficient (Wildman–Crippen LogP) is 3.87. The number of nitrogens with zero attached hydrogens (tertiary/aromatic N) is 3. The summed E-state index contributed by atoms with van der Waals surface area (Å²) in [5.74, 6) is 7.12. The summed E-state index contributed by atoms with van der Waals surface area (Å²) in [6.07, 6.45) is 1.88. The second-order valence-electron chi connectivity index (χ2n) is 10.1. The minimum Gasteiger partial charge on any atom is -0.497 e. The van der Waals surface area contributed by atoms with Crippen LogP contribution in [0.1, 0.15) is 50.0 Å². The van der Waals surface area contributed by atoms with Crippen molar-refractivity contribution in [3.05, 3.63) is 47.7 Å². The molecule has 3 atom stereocenters. The number of hydrogen-bond donors (Lipinski definition) is 2. The van der Waals surface area contributed by atoms with Gasteiger partial charge in [0.05, 0.1) is 26.3 Å². The van der Waals surface area contributed by atoms with Gasteiger partial charge in [-0.05, 0) is 43.2 Å². The van der Waals surface area contributed by atoms with E-state index in [4.69, 9.17) is 9.47 Å². The number of methoxy groups -OCH3 is 1. The maximum absolute atomic E-state index is 13.5. The molecule has 3 rings (SSSR count). The molecular formula is C29H38N4O5. The van der Waals surface area contributed by atoms with Crippen LogP contribution in [0.5, 0.6) is 11.6 Å². The third kappa shape index (κ3) is 7.39. The van der Waals surface area contributed by atoms with Crippen molar-refractivity contribution in [2.24, 2.45) is 11.8 Å². The topological polar surface area (TPSA) is 104 Å². The second kappa shape index (κ2) is 13.2. The summed E-state index contributed by atoms with van der Waals surface area (Å²) in [4.78, 5) is 34.1. The predicted molar refractivity (Wildman–Crippen MR) is 146 cm³/mol. The van der Waals surface area contributed by atoms with Crippen molar-refractivity contribution in [2.75, 3.05) is 39.2 Å². The lowest BCUT2D eigenvalue weighted by molar-refractivity contribution is 0.0356. The fraction of sp³-hybridized carbons (Fsp3) is 0.483. The van der Waals surface area contributed by atoms with Crippen LogP contribution in [0.4, 0.5) is 10.5 Å². The lowest BCUT2D eigenvalue weighted by atomic mass is 10.00. The maximum atomic E-state index is 13.5. The van der Waals surface area contributed by atoms with Gasteiger partial charge in [0.25, 0.3) is 5.91 Å². The molecule has 0 saturated heterocycles. The lowest BCUT2D eigenvalue weighted by Crippen LogP contribution is -2.50. The Morgan fingerprint density at radius 2 is 2.03 bits per heavy atom. The first-order valence-electron chi connectivity index (χ1n) is 12.9. The Kier molecular flexibility index (Phi) is 9.97. The largest absolute Gasteiger partial charge is 0.497 e. The van der Waals surface area contributed by atoms with E-state index in [0.717, 1.165) is 6.42 Å². The molecule has 2 heterocycles. The highest BCUT2D eigenvalue weighted by molar-refractivity contribution is 5.97. The van der Waals surface area contributed by atoms with Gasteiger partial charge < -0.3 is 29.7 Å². The average Bonchev–Trinajstić information content (AvgIpc) is 2.90. The smallest absolute Gasteiger partial charge is 0.321 e. The number of urea groups is 1. The van der Waals surface area contributed by atoms with E-state index >= 15 is 0 Å². The summed E-state index contributed by atoms with van der Waals surface area (Å²) in [6.45, 7) is 8.38. The number of amides is 3. The molecule has 0 unspecified atom stereocenters. The highest BCUT2D eigenvalue weighted by Gasteiger charge is 2.34. The molecule has 0 fully saturated rings. The summed E-state index contributed by atoms with van der Waals surface area (Å²) < 4.78 is 11.4. The summed E-state index contributed by atoms with van der Waals surface area (Å²) in [5, 5.41) is 12.7. The van der Waals surface area contributed by atoms with Gasteiger partial charge in [-0.3, -0.25) is 4.79 Å². The zero-order valence-electron chi connectivity index (χ0n) is 23.0. The van der Waals surface area contributed by atoms with Gasteiger partial charge in [0.1, 0.15) is 17.4 Å². The number of likely N-dealkylation sites (N-methyl/N-ethyl adjacent to an activating group) is 1. The Morgan fingerprint density at radius 1 is 1.32 bits per heavy atom. The first kappa shape index (κ1) is 28.8. The fourth-order valence-electron chi connectivity index (χ4n) is 3.99. The molecule has 3 amide bonds. The van der Waals surface area contributed by atoms with Crippen LogP contribution in [0.15, 0.2) is 36.5 Å². The molecular weight excluding hydrogens is 484 g/mol. The van der Waals surface area contributed by atoms with Crippen molar-refractivity contribution in [3.63, 3.8) is 0 Å². The Bertz CT molecular complexity index is 1170. The van der Waals surface area contributed by atoms with Gasteiger partial charge in [0.15, 0.2) is 0 Å². The average molecular weight is 523 g/mol. The number of nitrogens with one attached hydrogen (secondary N) is 1. The first-order chi connectivity index (χ1) is 18.1. The van der Waals surface area contributed by atoms with Crippen LogP contribution in [0.2, 0.25) is 0 Å². The number of ether oxygens (including phenoxy) is 2. The van der Waals surface area contributed by atoms with E-state index < -0.39 is 12.1 Å². The Labute approximate surface area is 225 Å². The number of aromatic nitrogens is 1. The van der Waals surface area contributed by atoms with Gasteiger partial charge >= 0.3 is 6.03 Å². The zero-order valence-corrected chi connectivity index (χ0v) is 23.0. The zero-order chi connectivity index (χ0) is 27.8. The van der Waals surface area contributed by atoms with E-state index in [1.54, 1.807) is 67.4 Å². The van der Waals surface area contributed by atoms with Crippen molar-refractivity contribution >= 4 is 17.6 Å². The van der Waals surface area contributed by atoms with Crippen LogP contribution >= 0.6 is 0 Å². The molecule has 0 aliphatic carbocycles. The monoisotopic (exact) mass is 522 g/mol. The standard InChI is InChI=1S/C29H38N4O5/c1-19(2)8-7-9-22-14-25-27(30-15-22)38-26(20(3)16-33(28(25)35)21(4)18-34)17-32(5)29(36)31-23-10-12-24(37-6)13-11-23/h10-15,19-21,26,34H,8,16-18H2,1-6H3,(H,31,36)/t20-,21-,26-/m1/s1. The lowest BCUT2D eigenvalue weighted by Gasteiger charge is -2.37. The quantitative estimate of drug-likeness (QED) is 0.535. The summed E-state index contributed by atoms with van der Waals surface area (Å²) in [6, 6.07) is 8.07. The van der Waals surface area contributed by atoms with Gasteiger partial charge in [-0.2, -0.15) is 0 Å². The van der Waals surface area contributed by atoms with Crippen LogP contribution in [0.25, 0.3) is 0 Å². The number of fused-ring (bicyclic) bond motifs is 1. The second-order valence-corrected chi connectivity index (χ2v) is 10.1. The van der Waals surface area contributed by atoms with E-state index in [9.17, 15) is 14.7 Å². The summed E-state index contributed by atoms with van der Waals surface area (Å²) in [7, 11) is 3.27. The minimum atomic E-state index is -0.452. The normalized spacial score (nSPS) is 17.8. The van der Waals surface area contributed by atoms with Crippen LogP contribution in [0.3, 0.4) is 0 Å². The third-order valence-electron chi connectivity index (χ3n) is 6.41. The van der Waals surface area contributed by atoms with E-state index in [0.29, 0.717) is 35.0 Å². The molecule has 2 N–H and O–H groups in total. The highest BCUT2D eigenvalue weighted by atomic mass is 16.5. The molecule has 0 spiro atoms. The third-order valence-corrected chi connectivity index (χ3v) is 6.41. The van der Waals surface area contributed by atoms with Crippen molar-refractivity contribution in [3.8, 4) is 23.5 Å². The van der Waals surface area contributed by atoms with Crippen LogP contribution in [-0.2, 0) is 0 Å². The fourth-order valence-corrected chi connectivity index (χ4v) is 3.99. The number of anilines is 1. The Hall–Kier alpha value is -3.77. The van der Waals surface area contributed by atoms with Crippen molar-refractivity contribution in [2.45, 2.75) is 46.3 Å². The van der Waals surface area contributed by atoms with Crippen LogP contribution < -0.4 is 14.8 Å². The summed E-state index contributed by atoms with van der Waals surface area (Å²) in [5.41, 5.74) is 1.56. The molecule has 1 aromatic heterocycles. The molecule has 9 heteroatoms. The van der Waals surface area contributed by atoms with E-state index in [-0.39, 0.29) is 36.9 Å². The number of pyridine rings is 1. The van der Waals surface area contributed by atoms with Crippen molar-refractivity contribution in [1.29, 1.82) is 0 Å². The number of benzene rings is 1. The van der Waals surface area contributed by atoms with E-state index in [1.165, 1.54) is 0 Å². The minimum absolute atomic E-state index is 0.148. The van der Waals surface area contributed by atoms with Crippen molar-refractivity contribution in [1.82, 2.24) is 14.8 Å². The SMILES string of the molecule is COc1ccc(NC(=O)N(C)C[C@H]2Oc3ncc(C#CCC(C)C)cc3C(=O)N([C@H](C)CO)C[C@H]2C)cc1. The number of aliphatic hydroxyl groups is 1. The highest BCUT2D eigenvalue weighted by Crippen LogP contribution is 2.27. The van der Waals surface area contributed by atoms with Gasteiger partial charge in [0.2, 0.25) is 5.88 Å². The maximum Gasteiger partial charge on any atom is 0.321 e. The van der Waals surface area contributed by atoms with Gasteiger partial charge in [-0.15, -0.1) is 0 Å². The Balaban J connectivity index is 1.84. The van der Waals surface area contributed by atoms with Gasteiger partial charge in [-0.1, -0.05) is 32.6 Å². The first-order valence-corrected chi connectivity index (χ1v) is 12.9. The molecule has 9 nitrogen and oxygen atoms in total.